The number of hydrogen-bond acceptors (Lipinski definition) is 4. The Hall–Kier alpha value is -0.160. The van der Waals surface area contributed by atoms with E-state index < -0.39 is 0 Å². The molecule has 1 heterocycles. The number of aliphatic hydroxyl groups excluding tert-OH is 1. The summed E-state index contributed by atoms with van der Waals surface area (Å²) >= 11 is 0. The van der Waals surface area contributed by atoms with E-state index in [1.807, 2.05) is 0 Å². The molecule has 2 atom stereocenters. The lowest BCUT2D eigenvalue weighted by Gasteiger charge is -2.27. The minimum absolute atomic E-state index is 0.140. The summed E-state index contributed by atoms with van der Waals surface area (Å²) in [5.41, 5.74) is 0.335. The zero-order valence-corrected chi connectivity index (χ0v) is 14.2. The SMILES string of the molecule is CC(C)(C)COCCC(O)N1CC[C@@H](NC(C)(C)C)C1. The summed E-state index contributed by atoms with van der Waals surface area (Å²) in [6.07, 6.45) is 1.43. The molecule has 1 saturated heterocycles. The van der Waals surface area contributed by atoms with E-state index in [4.69, 9.17) is 4.74 Å². The van der Waals surface area contributed by atoms with Gasteiger partial charge in [0, 0.05) is 31.1 Å². The van der Waals surface area contributed by atoms with Gasteiger partial charge in [0.1, 0.15) is 6.23 Å². The topological polar surface area (TPSA) is 44.7 Å². The Morgan fingerprint density at radius 2 is 1.90 bits per heavy atom. The second-order valence-electron chi connectivity index (χ2n) is 8.26. The van der Waals surface area contributed by atoms with Crippen LogP contribution in [0.25, 0.3) is 0 Å². The first-order valence-electron chi connectivity index (χ1n) is 7.84. The van der Waals surface area contributed by atoms with Crippen LogP contribution in [0.2, 0.25) is 0 Å². The molecule has 1 unspecified atom stereocenters. The predicted octanol–water partition coefficient (Wildman–Crippen LogP) is 2.22. The van der Waals surface area contributed by atoms with Crippen molar-refractivity contribution < 1.29 is 9.84 Å². The van der Waals surface area contributed by atoms with Crippen molar-refractivity contribution in [3.8, 4) is 0 Å². The highest BCUT2D eigenvalue weighted by atomic mass is 16.5. The van der Waals surface area contributed by atoms with Crippen molar-refractivity contribution >= 4 is 0 Å². The number of nitrogens with one attached hydrogen (secondary N) is 1. The average molecular weight is 286 g/mol. The van der Waals surface area contributed by atoms with Crippen molar-refractivity contribution in [3.05, 3.63) is 0 Å². The second kappa shape index (κ2) is 7.21. The number of ether oxygens (including phenoxy) is 1. The fourth-order valence-corrected chi connectivity index (χ4v) is 2.54. The number of nitrogens with zero attached hydrogens (tertiary/aromatic N) is 1. The normalized spacial score (nSPS) is 23.2. The molecule has 0 bridgehead atoms. The quantitative estimate of drug-likeness (QED) is 0.735. The summed E-state index contributed by atoms with van der Waals surface area (Å²) in [5.74, 6) is 0. The van der Waals surface area contributed by atoms with Crippen molar-refractivity contribution in [1.82, 2.24) is 10.2 Å². The van der Waals surface area contributed by atoms with Gasteiger partial charge in [-0.2, -0.15) is 0 Å². The summed E-state index contributed by atoms with van der Waals surface area (Å²) in [7, 11) is 0. The lowest BCUT2D eigenvalue weighted by molar-refractivity contribution is -0.0199. The molecule has 0 aromatic heterocycles. The molecule has 0 aromatic carbocycles. The molecule has 4 nitrogen and oxygen atoms in total. The van der Waals surface area contributed by atoms with Gasteiger partial charge in [0.2, 0.25) is 0 Å². The van der Waals surface area contributed by atoms with Gasteiger partial charge < -0.3 is 15.2 Å². The maximum Gasteiger partial charge on any atom is 0.109 e. The van der Waals surface area contributed by atoms with E-state index in [-0.39, 0.29) is 17.2 Å². The lowest BCUT2D eigenvalue weighted by Crippen LogP contribution is -2.46. The minimum atomic E-state index is -0.373. The van der Waals surface area contributed by atoms with E-state index >= 15 is 0 Å². The van der Waals surface area contributed by atoms with Crippen LogP contribution in [0.15, 0.2) is 0 Å². The van der Waals surface area contributed by atoms with Gasteiger partial charge in [-0.25, -0.2) is 0 Å². The van der Waals surface area contributed by atoms with E-state index in [1.54, 1.807) is 0 Å². The summed E-state index contributed by atoms with van der Waals surface area (Å²) in [6.45, 7) is 16.3. The number of aliphatic hydroxyl groups is 1. The Labute approximate surface area is 124 Å². The molecule has 0 radical (unpaired) electrons. The number of hydrogen-bond donors (Lipinski definition) is 2. The molecule has 0 saturated carbocycles. The van der Waals surface area contributed by atoms with E-state index in [2.05, 4.69) is 51.8 Å². The first-order chi connectivity index (χ1) is 9.07. The van der Waals surface area contributed by atoms with Crippen molar-refractivity contribution in [2.75, 3.05) is 26.3 Å². The maximum absolute atomic E-state index is 10.2. The Morgan fingerprint density at radius 3 is 2.45 bits per heavy atom. The molecule has 120 valence electrons. The van der Waals surface area contributed by atoms with Crippen molar-refractivity contribution in [1.29, 1.82) is 0 Å². The summed E-state index contributed by atoms with van der Waals surface area (Å²) in [6, 6.07) is 0.486. The molecular formula is C16H34N2O2. The molecule has 1 aliphatic rings. The van der Waals surface area contributed by atoms with Gasteiger partial charge in [-0.15, -0.1) is 0 Å². The first-order valence-corrected chi connectivity index (χ1v) is 7.84. The molecule has 2 N–H and O–H groups in total. The van der Waals surface area contributed by atoms with Gasteiger partial charge in [0.25, 0.3) is 0 Å². The highest BCUT2D eigenvalue weighted by Crippen LogP contribution is 2.17. The number of rotatable bonds is 6. The fourth-order valence-electron chi connectivity index (χ4n) is 2.54. The van der Waals surface area contributed by atoms with Crippen LogP contribution in [-0.4, -0.2) is 54.1 Å². The Bertz CT molecular complexity index is 281. The second-order valence-corrected chi connectivity index (χ2v) is 8.26. The van der Waals surface area contributed by atoms with Crippen LogP contribution < -0.4 is 5.32 Å². The van der Waals surface area contributed by atoms with Crippen LogP contribution in [0.4, 0.5) is 0 Å². The van der Waals surface area contributed by atoms with E-state index in [0.717, 1.165) is 26.1 Å². The van der Waals surface area contributed by atoms with Crippen LogP contribution >= 0.6 is 0 Å². The summed E-state index contributed by atoms with van der Waals surface area (Å²) in [4.78, 5) is 2.16. The highest BCUT2D eigenvalue weighted by Gasteiger charge is 2.29. The van der Waals surface area contributed by atoms with Crippen LogP contribution in [-0.2, 0) is 4.74 Å². The predicted molar refractivity (Wildman–Crippen MR) is 83.8 cm³/mol. The minimum Gasteiger partial charge on any atom is -0.381 e. The molecule has 1 fully saturated rings. The monoisotopic (exact) mass is 286 g/mol. The third-order valence-electron chi connectivity index (χ3n) is 3.33. The molecule has 1 rings (SSSR count). The maximum atomic E-state index is 10.2. The van der Waals surface area contributed by atoms with Crippen molar-refractivity contribution in [2.45, 2.75) is 72.2 Å². The largest absolute Gasteiger partial charge is 0.381 e. The molecule has 0 amide bonds. The zero-order chi connectivity index (χ0) is 15.4. The average Bonchev–Trinajstić information content (AvgIpc) is 2.68. The third kappa shape index (κ3) is 7.58. The zero-order valence-electron chi connectivity index (χ0n) is 14.2. The van der Waals surface area contributed by atoms with Gasteiger partial charge in [-0.3, -0.25) is 4.90 Å². The van der Waals surface area contributed by atoms with Gasteiger partial charge in [-0.1, -0.05) is 20.8 Å². The standard InChI is InChI=1S/C16H34N2O2/c1-15(2,3)12-20-10-8-14(19)18-9-7-13(11-18)17-16(4,5)6/h13-14,17,19H,7-12H2,1-6H3/t13-,14?/m1/s1. The Kier molecular flexibility index (Phi) is 6.45. The van der Waals surface area contributed by atoms with Gasteiger partial charge in [0.15, 0.2) is 0 Å². The first kappa shape index (κ1) is 17.9. The van der Waals surface area contributed by atoms with Crippen LogP contribution in [0.5, 0.6) is 0 Å². The van der Waals surface area contributed by atoms with Gasteiger partial charge in [-0.05, 0) is 32.6 Å². The molecule has 4 heteroatoms. The molecule has 1 aliphatic heterocycles. The number of likely N-dealkylation sites (tertiary alicyclic amines) is 1. The van der Waals surface area contributed by atoms with Crippen molar-refractivity contribution in [3.63, 3.8) is 0 Å². The lowest BCUT2D eigenvalue weighted by atomic mass is 9.99. The van der Waals surface area contributed by atoms with Crippen molar-refractivity contribution in [2.24, 2.45) is 5.41 Å². The van der Waals surface area contributed by atoms with E-state index in [0.29, 0.717) is 19.1 Å². The molecule has 0 spiro atoms. The Morgan fingerprint density at radius 1 is 1.25 bits per heavy atom. The summed E-state index contributed by atoms with van der Waals surface area (Å²) < 4.78 is 5.63. The highest BCUT2D eigenvalue weighted by molar-refractivity contribution is 4.86. The fraction of sp³-hybridized carbons (Fsp3) is 1.00. The van der Waals surface area contributed by atoms with Crippen LogP contribution in [0.1, 0.15) is 54.4 Å². The van der Waals surface area contributed by atoms with E-state index in [9.17, 15) is 5.11 Å². The molecular weight excluding hydrogens is 252 g/mol. The summed E-state index contributed by atoms with van der Waals surface area (Å²) in [5, 5.41) is 13.8. The van der Waals surface area contributed by atoms with Gasteiger partial charge in [0.05, 0.1) is 13.2 Å². The Balaban J connectivity index is 2.20. The van der Waals surface area contributed by atoms with E-state index in [1.165, 1.54) is 0 Å². The third-order valence-corrected chi connectivity index (χ3v) is 3.33. The molecule has 20 heavy (non-hydrogen) atoms. The smallest absolute Gasteiger partial charge is 0.109 e. The van der Waals surface area contributed by atoms with Gasteiger partial charge >= 0.3 is 0 Å². The van der Waals surface area contributed by atoms with Crippen LogP contribution in [0.3, 0.4) is 0 Å². The molecule has 0 aliphatic carbocycles. The van der Waals surface area contributed by atoms with Crippen LogP contribution in [0, 0.1) is 5.41 Å². The molecule has 0 aromatic rings.